The summed E-state index contributed by atoms with van der Waals surface area (Å²) >= 11 is 5.79. The minimum absolute atomic E-state index is 0.0385. The number of rotatable bonds is 10. The Hall–Kier alpha value is -2.89. The van der Waals surface area contributed by atoms with Gasteiger partial charge in [-0.15, -0.1) is 0 Å². The second kappa shape index (κ2) is 11.7. The number of urea groups is 1. The van der Waals surface area contributed by atoms with Crippen LogP contribution in [-0.4, -0.2) is 45.9 Å². The highest BCUT2D eigenvalue weighted by Gasteiger charge is 2.24. The lowest BCUT2D eigenvalue weighted by atomic mass is 10.0. The van der Waals surface area contributed by atoms with Crippen LogP contribution < -0.4 is 22.2 Å². The van der Waals surface area contributed by atoms with Gasteiger partial charge in [-0.25, -0.2) is 10.2 Å². The average molecular weight is 415 g/mol. The number of hydrazine groups is 1. The molecule has 1 aromatic carbocycles. The smallest absolute Gasteiger partial charge is 0.337 e. The van der Waals surface area contributed by atoms with Crippen LogP contribution in [0.5, 0.6) is 0 Å². The molecule has 0 bridgehead atoms. The maximum atomic E-state index is 11.8. The van der Waals surface area contributed by atoms with E-state index in [-0.39, 0.29) is 12.4 Å². The first-order valence-electron chi connectivity index (χ1n) is 8.30. The SMILES string of the molecule is NC(N)=NCCCCC(=O)NC(=O)NN(O)C(CC(=O)O)c1ccc(Cl)cc1. The number of benzene rings is 1. The highest BCUT2D eigenvalue weighted by Crippen LogP contribution is 2.23. The molecule has 0 spiro atoms. The van der Waals surface area contributed by atoms with E-state index in [1.165, 1.54) is 24.3 Å². The fourth-order valence-electron chi connectivity index (χ4n) is 2.20. The number of hydrogen-bond acceptors (Lipinski definition) is 6. The highest BCUT2D eigenvalue weighted by molar-refractivity contribution is 6.30. The van der Waals surface area contributed by atoms with Crippen molar-refractivity contribution in [2.45, 2.75) is 31.7 Å². The highest BCUT2D eigenvalue weighted by atomic mass is 35.5. The van der Waals surface area contributed by atoms with Crippen molar-refractivity contribution in [2.24, 2.45) is 16.5 Å². The van der Waals surface area contributed by atoms with Gasteiger partial charge < -0.3 is 16.6 Å². The molecule has 1 unspecified atom stereocenters. The lowest BCUT2D eigenvalue weighted by molar-refractivity contribution is -0.170. The van der Waals surface area contributed by atoms with E-state index in [1.54, 1.807) is 0 Å². The molecule has 1 atom stereocenters. The molecule has 1 aromatic rings. The number of carboxylic acid groups (broad SMARTS) is 1. The predicted octanol–water partition coefficient (Wildman–Crippen LogP) is 0.732. The van der Waals surface area contributed by atoms with E-state index in [4.69, 9.17) is 28.2 Å². The number of amides is 3. The van der Waals surface area contributed by atoms with Gasteiger partial charge in [0.15, 0.2) is 5.96 Å². The standard InChI is InChI=1S/C16H23ClN6O5/c17-11-6-4-10(5-7-11)12(9-14(25)26)23(28)22-16(27)21-13(24)3-1-2-8-20-15(18)19/h4-7,12,28H,1-3,8-9H2,(H,25,26)(H4,18,19,20)(H2,21,22,24,27). The lowest BCUT2D eigenvalue weighted by Crippen LogP contribution is -2.49. The van der Waals surface area contributed by atoms with Crippen LogP contribution in [-0.2, 0) is 9.59 Å². The fourth-order valence-corrected chi connectivity index (χ4v) is 2.33. The van der Waals surface area contributed by atoms with Gasteiger partial charge in [-0.05, 0) is 30.5 Å². The number of nitrogens with zero attached hydrogens (tertiary/aromatic N) is 2. The second-order valence-corrected chi connectivity index (χ2v) is 6.20. The number of imide groups is 1. The number of halogens is 1. The molecule has 0 fully saturated rings. The van der Waals surface area contributed by atoms with Gasteiger partial charge in [-0.3, -0.25) is 25.1 Å². The van der Waals surface area contributed by atoms with Crippen LogP contribution in [0.15, 0.2) is 29.3 Å². The normalized spacial score (nSPS) is 11.5. The molecule has 28 heavy (non-hydrogen) atoms. The Labute approximate surface area is 166 Å². The Bertz CT molecular complexity index is 708. The molecule has 0 heterocycles. The number of hydrogen-bond donors (Lipinski definition) is 6. The van der Waals surface area contributed by atoms with Gasteiger partial charge >= 0.3 is 12.0 Å². The molecule has 11 nitrogen and oxygen atoms in total. The molecule has 0 aromatic heterocycles. The number of aliphatic imine (C=N–C) groups is 1. The van der Waals surface area contributed by atoms with E-state index >= 15 is 0 Å². The van der Waals surface area contributed by atoms with Crippen molar-refractivity contribution < 1.29 is 24.7 Å². The topological polar surface area (TPSA) is 183 Å². The molecule has 0 aliphatic carbocycles. The number of nitrogens with one attached hydrogen (secondary N) is 2. The van der Waals surface area contributed by atoms with E-state index < -0.39 is 30.4 Å². The third-order valence-electron chi connectivity index (χ3n) is 3.49. The van der Waals surface area contributed by atoms with E-state index in [1.807, 2.05) is 10.7 Å². The van der Waals surface area contributed by atoms with Crippen LogP contribution in [0.25, 0.3) is 0 Å². The van der Waals surface area contributed by atoms with Crippen molar-refractivity contribution in [2.75, 3.05) is 6.54 Å². The first kappa shape index (κ1) is 23.1. The van der Waals surface area contributed by atoms with Gasteiger partial charge in [0.2, 0.25) is 5.91 Å². The molecule has 154 valence electrons. The van der Waals surface area contributed by atoms with Gasteiger partial charge in [-0.1, -0.05) is 28.9 Å². The molecule has 0 saturated carbocycles. The maximum Gasteiger partial charge on any atom is 0.337 e. The minimum atomic E-state index is -1.20. The lowest BCUT2D eigenvalue weighted by Gasteiger charge is -2.25. The summed E-state index contributed by atoms with van der Waals surface area (Å²) in [5.41, 5.74) is 12.8. The summed E-state index contributed by atoms with van der Waals surface area (Å²) in [7, 11) is 0. The van der Waals surface area contributed by atoms with Crippen LogP contribution in [0.1, 0.15) is 37.3 Å². The molecule has 0 aliphatic heterocycles. The number of unbranched alkanes of at least 4 members (excludes halogenated alkanes) is 1. The Kier molecular flexibility index (Phi) is 9.71. The van der Waals surface area contributed by atoms with Crippen molar-refractivity contribution in [3.8, 4) is 0 Å². The number of carbonyl (C=O) groups is 3. The first-order chi connectivity index (χ1) is 13.2. The quantitative estimate of drug-likeness (QED) is 0.140. The molecule has 8 N–H and O–H groups in total. The van der Waals surface area contributed by atoms with Crippen LogP contribution in [0.3, 0.4) is 0 Å². The number of nitrogens with two attached hydrogens (primary N) is 2. The monoisotopic (exact) mass is 414 g/mol. The van der Waals surface area contributed by atoms with Gasteiger partial charge in [0.1, 0.15) is 0 Å². The van der Waals surface area contributed by atoms with Crippen LogP contribution in [0.2, 0.25) is 5.02 Å². The van der Waals surface area contributed by atoms with Gasteiger partial charge in [0.25, 0.3) is 0 Å². The number of carbonyl (C=O) groups excluding carboxylic acids is 2. The van der Waals surface area contributed by atoms with Crippen LogP contribution in [0, 0.1) is 0 Å². The molecule has 0 aliphatic rings. The zero-order valence-corrected chi connectivity index (χ0v) is 15.7. The molecule has 1 rings (SSSR count). The molecule has 12 heteroatoms. The third kappa shape index (κ3) is 9.16. The molecular formula is C16H23ClN6O5. The first-order valence-corrected chi connectivity index (χ1v) is 8.68. The molecule has 0 radical (unpaired) electrons. The largest absolute Gasteiger partial charge is 0.481 e. The van der Waals surface area contributed by atoms with Crippen molar-refractivity contribution >= 4 is 35.5 Å². The number of hydroxylamine groups is 1. The van der Waals surface area contributed by atoms with Gasteiger partial charge in [0, 0.05) is 18.0 Å². The van der Waals surface area contributed by atoms with Crippen molar-refractivity contribution in [3.63, 3.8) is 0 Å². The minimum Gasteiger partial charge on any atom is -0.481 e. The fraction of sp³-hybridized carbons (Fsp3) is 0.375. The summed E-state index contributed by atoms with van der Waals surface area (Å²) in [6, 6.07) is 3.98. The molecular weight excluding hydrogens is 392 g/mol. The summed E-state index contributed by atoms with van der Waals surface area (Å²) in [5, 5.41) is 21.9. The number of guanidine groups is 1. The summed E-state index contributed by atoms with van der Waals surface area (Å²) < 4.78 is 0. The summed E-state index contributed by atoms with van der Waals surface area (Å²) in [4.78, 5) is 38.4. The van der Waals surface area contributed by atoms with Crippen molar-refractivity contribution in [1.29, 1.82) is 0 Å². The van der Waals surface area contributed by atoms with E-state index in [9.17, 15) is 19.6 Å². The predicted molar refractivity (Wildman–Crippen MR) is 101 cm³/mol. The van der Waals surface area contributed by atoms with E-state index in [0.717, 1.165) is 0 Å². The average Bonchev–Trinajstić information content (AvgIpc) is 2.59. The second-order valence-electron chi connectivity index (χ2n) is 5.76. The molecule has 0 saturated heterocycles. The zero-order chi connectivity index (χ0) is 21.1. The Morgan fingerprint density at radius 1 is 1.18 bits per heavy atom. The van der Waals surface area contributed by atoms with E-state index in [2.05, 4.69) is 4.99 Å². The summed E-state index contributed by atoms with van der Waals surface area (Å²) in [6.07, 6.45) is 0.549. The third-order valence-corrected chi connectivity index (χ3v) is 3.75. The molecule has 3 amide bonds. The van der Waals surface area contributed by atoms with Crippen molar-refractivity contribution in [3.05, 3.63) is 34.9 Å². The van der Waals surface area contributed by atoms with Crippen molar-refractivity contribution in [1.82, 2.24) is 15.9 Å². The maximum absolute atomic E-state index is 11.8. The number of carboxylic acids is 1. The summed E-state index contributed by atoms with van der Waals surface area (Å²) in [6.45, 7) is 0.365. The number of aliphatic carboxylic acids is 1. The van der Waals surface area contributed by atoms with Gasteiger partial charge in [0.05, 0.1) is 12.5 Å². The Morgan fingerprint density at radius 3 is 2.39 bits per heavy atom. The Morgan fingerprint density at radius 2 is 1.82 bits per heavy atom. The van der Waals surface area contributed by atoms with Gasteiger partial charge in [-0.2, -0.15) is 0 Å². The van der Waals surface area contributed by atoms with Crippen LogP contribution in [0.4, 0.5) is 4.79 Å². The van der Waals surface area contributed by atoms with E-state index in [0.29, 0.717) is 35.1 Å². The zero-order valence-electron chi connectivity index (χ0n) is 15.0. The summed E-state index contributed by atoms with van der Waals surface area (Å²) in [5.74, 6) is -1.81. The Balaban J connectivity index is 2.54. The van der Waals surface area contributed by atoms with Crippen LogP contribution >= 0.6 is 11.6 Å².